The van der Waals surface area contributed by atoms with E-state index in [1.807, 2.05) is 0 Å². The number of allylic oxidation sites excluding steroid dienone is 1. The Morgan fingerprint density at radius 3 is 2.59 bits per heavy atom. The highest BCUT2D eigenvalue weighted by molar-refractivity contribution is 5.72. The minimum Gasteiger partial charge on any atom is -0.462 e. The fourth-order valence-electron chi connectivity index (χ4n) is 8.73. The molecule has 4 aliphatic rings. The number of rotatable bonds is 6. The van der Waals surface area contributed by atoms with Gasteiger partial charge in [-0.1, -0.05) is 32.4 Å². The molecule has 37 heavy (non-hydrogen) atoms. The molecule has 0 unspecified atom stereocenters. The summed E-state index contributed by atoms with van der Waals surface area (Å²) in [4.78, 5) is 22.8. The monoisotopic (exact) mass is 507 g/mol. The van der Waals surface area contributed by atoms with Gasteiger partial charge in [0.2, 0.25) is 5.91 Å². The average Bonchev–Trinajstić information content (AvgIpc) is 3.15. The van der Waals surface area contributed by atoms with Crippen LogP contribution in [-0.4, -0.2) is 34.7 Å². The first-order chi connectivity index (χ1) is 17.5. The molecule has 0 spiro atoms. The quantitative estimate of drug-likeness (QED) is 0.412. The summed E-state index contributed by atoms with van der Waals surface area (Å²) in [5.41, 5.74) is 7.17. The Hall–Kier alpha value is -2.24. The number of carbonyl (C=O) groups excluding carboxylic acids is 2. The first kappa shape index (κ1) is 26.4. The molecule has 1 N–H and O–H groups in total. The van der Waals surface area contributed by atoms with Crippen LogP contribution in [0, 0.1) is 36.0 Å². The molecule has 202 valence electrons. The van der Waals surface area contributed by atoms with Crippen molar-refractivity contribution in [2.24, 2.45) is 29.1 Å². The summed E-state index contributed by atoms with van der Waals surface area (Å²) in [6.07, 6.45) is 12.2. The predicted molar refractivity (Wildman–Crippen MR) is 144 cm³/mol. The van der Waals surface area contributed by atoms with Gasteiger partial charge >= 0.3 is 5.97 Å². The van der Waals surface area contributed by atoms with Crippen LogP contribution in [0.3, 0.4) is 0 Å². The molecule has 6 heteroatoms. The molecule has 1 aromatic rings. The number of hydrogen-bond donors (Lipinski definition) is 1. The van der Waals surface area contributed by atoms with Crippen LogP contribution in [0.15, 0.2) is 11.6 Å². The number of aromatic nitrogens is 2. The number of carbonyl (C=O) groups is 2. The highest BCUT2D eigenvalue weighted by Gasteiger charge is 2.58. The predicted octanol–water partition coefficient (Wildman–Crippen LogP) is 5.40. The highest BCUT2D eigenvalue weighted by atomic mass is 16.5. The Balaban J connectivity index is 1.35. The van der Waals surface area contributed by atoms with Gasteiger partial charge in [-0.2, -0.15) is 10.2 Å². The number of fused-ring (bicyclic) bond motifs is 7. The fraction of sp³-hybridized carbons (Fsp3) is 0.742. The Morgan fingerprint density at radius 2 is 1.86 bits per heavy atom. The second-order valence-corrected chi connectivity index (χ2v) is 13.1. The van der Waals surface area contributed by atoms with Gasteiger partial charge in [-0.25, -0.2) is 0 Å². The lowest BCUT2D eigenvalue weighted by Crippen LogP contribution is -2.51. The average molecular weight is 508 g/mol. The molecule has 1 aromatic heterocycles. The summed E-state index contributed by atoms with van der Waals surface area (Å²) < 4.78 is 5.62. The molecule has 1 amide bonds. The maximum Gasteiger partial charge on any atom is 0.302 e. The molecule has 7 atom stereocenters. The maximum atomic E-state index is 11.6. The summed E-state index contributed by atoms with van der Waals surface area (Å²) >= 11 is 0. The van der Waals surface area contributed by atoms with Crippen molar-refractivity contribution >= 4 is 11.9 Å². The third kappa shape index (κ3) is 4.63. The molecule has 0 aliphatic heterocycles. The van der Waals surface area contributed by atoms with E-state index in [0.29, 0.717) is 30.2 Å². The van der Waals surface area contributed by atoms with Crippen molar-refractivity contribution in [1.29, 1.82) is 0 Å². The van der Waals surface area contributed by atoms with Gasteiger partial charge in [-0.3, -0.25) is 9.59 Å². The smallest absolute Gasteiger partial charge is 0.302 e. The molecule has 0 aromatic carbocycles. The fourth-order valence-corrected chi connectivity index (χ4v) is 8.73. The molecule has 1 heterocycles. The van der Waals surface area contributed by atoms with E-state index in [-0.39, 0.29) is 28.8 Å². The number of ether oxygens (including phenoxy) is 1. The number of hydrogen-bond acceptors (Lipinski definition) is 5. The zero-order chi connectivity index (χ0) is 26.5. The minimum absolute atomic E-state index is 0.0332. The zero-order valence-electron chi connectivity index (χ0n) is 23.7. The van der Waals surface area contributed by atoms with Crippen molar-refractivity contribution in [3.8, 4) is 0 Å². The van der Waals surface area contributed by atoms with Gasteiger partial charge in [0.25, 0.3) is 0 Å². The van der Waals surface area contributed by atoms with E-state index in [1.165, 1.54) is 42.2 Å². The standard InChI is InChI=1S/C31H45N3O3/c1-18(17-32-20(3)35)7-10-27-19(2)29-28(34-33-27)16-26-24-9-8-22-15-23(37-21(4)36)11-13-30(22,5)25(24)12-14-31(26,29)6/h8,18,23-26H,7,9-17H2,1-6H3,(H,32,35)/t18-,23+,24+,25-,26+,30+,31+/m1/s1. The van der Waals surface area contributed by atoms with Gasteiger partial charge in [0.05, 0.1) is 11.4 Å². The van der Waals surface area contributed by atoms with Crippen molar-refractivity contribution < 1.29 is 14.3 Å². The van der Waals surface area contributed by atoms with E-state index in [4.69, 9.17) is 14.9 Å². The largest absolute Gasteiger partial charge is 0.462 e. The normalized spacial score (nSPS) is 34.8. The first-order valence-corrected chi connectivity index (χ1v) is 14.5. The van der Waals surface area contributed by atoms with Crippen molar-refractivity contribution in [2.75, 3.05) is 6.54 Å². The Labute approximate surface area is 222 Å². The maximum absolute atomic E-state index is 11.6. The number of esters is 1. The molecule has 4 aliphatic carbocycles. The lowest BCUT2D eigenvalue weighted by molar-refractivity contribution is -0.148. The van der Waals surface area contributed by atoms with Crippen LogP contribution in [0.4, 0.5) is 0 Å². The zero-order valence-corrected chi connectivity index (χ0v) is 23.7. The molecule has 5 rings (SSSR count). The molecule has 0 bridgehead atoms. The Bertz CT molecular complexity index is 1110. The van der Waals surface area contributed by atoms with Crippen molar-refractivity contribution in [3.05, 3.63) is 34.2 Å². The van der Waals surface area contributed by atoms with Crippen LogP contribution in [-0.2, 0) is 32.6 Å². The molecule has 6 nitrogen and oxygen atoms in total. The lowest BCUT2D eigenvalue weighted by Gasteiger charge is -2.57. The van der Waals surface area contributed by atoms with Crippen LogP contribution < -0.4 is 5.32 Å². The molecule has 2 fully saturated rings. The topological polar surface area (TPSA) is 81.2 Å². The molecular formula is C31H45N3O3. The summed E-state index contributed by atoms with van der Waals surface area (Å²) in [6, 6.07) is 0. The van der Waals surface area contributed by atoms with Crippen LogP contribution in [0.5, 0.6) is 0 Å². The van der Waals surface area contributed by atoms with Crippen LogP contribution in [0.1, 0.15) is 102 Å². The second-order valence-electron chi connectivity index (χ2n) is 13.1. The highest BCUT2D eigenvalue weighted by Crippen LogP contribution is 2.64. The Kier molecular flexibility index (Phi) is 6.99. The summed E-state index contributed by atoms with van der Waals surface area (Å²) in [7, 11) is 0. The second kappa shape index (κ2) is 9.81. The number of nitrogens with one attached hydrogen (secondary N) is 1. The van der Waals surface area contributed by atoms with E-state index in [1.54, 1.807) is 6.92 Å². The number of amides is 1. The van der Waals surface area contributed by atoms with E-state index in [9.17, 15) is 9.59 Å². The summed E-state index contributed by atoms with van der Waals surface area (Å²) in [6.45, 7) is 13.3. The summed E-state index contributed by atoms with van der Waals surface area (Å²) in [5.74, 6) is 2.28. The molecule has 2 saturated carbocycles. The molecular weight excluding hydrogens is 462 g/mol. The SMILES string of the molecule is CC(=O)NC[C@H](C)CCc1nnc2c(c1C)[C@@]1(C)CC[C@@H]3[C@H](CC=C4C[C@@H](OC(C)=O)CC[C@@]43C)[C@@H]1C2. The van der Waals surface area contributed by atoms with Gasteiger partial charge in [-0.05, 0) is 104 Å². The van der Waals surface area contributed by atoms with Crippen molar-refractivity contribution in [3.63, 3.8) is 0 Å². The van der Waals surface area contributed by atoms with E-state index >= 15 is 0 Å². The van der Waals surface area contributed by atoms with E-state index in [0.717, 1.165) is 50.6 Å². The molecule has 0 saturated heterocycles. The van der Waals surface area contributed by atoms with Crippen LogP contribution in [0.2, 0.25) is 0 Å². The first-order valence-electron chi connectivity index (χ1n) is 14.5. The van der Waals surface area contributed by atoms with Gasteiger partial charge < -0.3 is 10.1 Å². The van der Waals surface area contributed by atoms with E-state index < -0.39 is 0 Å². The van der Waals surface area contributed by atoms with Crippen LogP contribution in [0.25, 0.3) is 0 Å². The van der Waals surface area contributed by atoms with Gasteiger partial charge in [0, 0.05) is 26.8 Å². The molecule has 0 radical (unpaired) electrons. The third-order valence-electron chi connectivity index (χ3n) is 10.7. The van der Waals surface area contributed by atoms with E-state index in [2.05, 4.69) is 39.1 Å². The summed E-state index contributed by atoms with van der Waals surface area (Å²) in [5, 5.41) is 12.5. The Morgan fingerprint density at radius 1 is 1.11 bits per heavy atom. The minimum atomic E-state index is -0.155. The number of nitrogens with zero attached hydrogens (tertiary/aromatic N) is 2. The van der Waals surface area contributed by atoms with Gasteiger partial charge in [0.1, 0.15) is 6.10 Å². The van der Waals surface area contributed by atoms with Crippen molar-refractivity contribution in [2.45, 2.75) is 111 Å². The van der Waals surface area contributed by atoms with Gasteiger partial charge in [-0.15, -0.1) is 0 Å². The number of aryl methyl sites for hydroxylation is 1. The lowest BCUT2D eigenvalue weighted by atomic mass is 9.47. The van der Waals surface area contributed by atoms with Crippen molar-refractivity contribution in [1.82, 2.24) is 15.5 Å². The van der Waals surface area contributed by atoms with Crippen LogP contribution >= 0.6 is 0 Å². The third-order valence-corrected chi connectivity index (χ3v) is 10.7. The van der Waals surface area contributed by atoms with Gasteiger partial charge in [0.15, 0.2) is 0 Å².